The Bertz CT molecular complexity index is 776. The van der Waals surface area contributed by atoms with Gasteiger partial charge in [-0.1, -0.05) is 60.7 Å². The molecule has 1 aromatic heterocycles. The Hall–Kier alpha value is -3.19. The molecule has 0 fully saturated rings. The lowest BCUT2D eigenvalue weighted by Gasteiger charge is -2.12. The molecule has 0 radical (unpaired) electrons. The second-order valence-electron chi connectivity index (χ2n) is 4.99. The molecule has 0 bridgehead atoms. The van der Waals surface area contributed by atoms with Gasteiger partial charge in [0.2, 0.25) is 5.95 Å². The fourth-order valence-electron chi connectivity index (χ4n) is 2.41. The number of hydrogen-bond donors (Lipinski definition) is 1. The van der Waals surface area contributed by atoms with E-state index in [-0.39, 0.29) is 0 Å². The molecule has 0 unspecified atom stereocenters. The number of anilines is 1. The highest BCUT2D eigenvalue weighted by molar-refractivity contribution is 5.78. The van der Waals surface area contributed by atoms with Gasteiger partial charge in [-0.25, -0.2) is 9.97 Å². The molecular weight excluding hydrogens is 284 g/mol. The van der Waals surface area contributed by atoms with Crippen molar-refractivity contribution in [3.8, 4) is 28.6 Å². The van der Waals surface area contributed by atoms with E-state index in [2.05, 4.69) is 21.4 Å². The second-order valence-corrected chi connectivity index (χ2v) is 4.99. The quantitative estimate of drug-likeness (QED) is 0.787. The molecule has 1 N–H and O–H groups in total. The minimum Gasteiger partial charge on any atom is -0.354 e. The highest BCUT2D eigenvalue weighted by Gasteiger charge is 2.16. The molecule has 0 saturated heterocycles. The Morgan fingerprint density at radius 2 is 1.35 bits per heavy atom. The van der Waals surface area contributed by atoms with Gasteiger partial charge in [0.25, 0.3) is 0 Å². The molecule has 2 aromatic carbocycles. The summed E-state index contributed by atoms with van der Waals surface area (Å²) in [5.74, 6) is 0.532. The van der Waals surface area contributed by atoms with Gasteiger partial charge >= 0.3 is 0 Å². The van der Waals surface area contributed by atoms with Crippen LogP contribution in [-0.4, -0.2) is 16.5 Å². The minimum absolute atomic E-state index is 0.490. The van der Waals surface area contributed by atoms with E-state index in [0.29, 0.717) is 29.4 Å². The van der Waals surface area contributed by atoms with Crippen molar-refractivity contribution in [3.63, 3.8) is 0 Å². The molecule has 1 heterocycles. The van der Waals surface area contributed by atoms with E-state index in [4.69, 9.17) is 0 Å². The standard InChI is InChI=1S/C19H16N4/c1-2-21-19-22-17(14-9-5-3-6-10-14)16(13-20)18(23-19)15-11-7-4-8-12-15/h3-12H,2H2,1H3,(H,21,22,23). The molecular formula is C19H16N4. The third kappa shape index (κ3) is 3.04. The zero-order valence-corrected chi connectivity index (χ0v) is 12.8. The van der Waals surface area contributed by atoms with Gasteiger partial charge in [0.1, 0.15) is 11.6 Å². The Morgan fingerprint density at radius 3 is 1.74 bits per heavy atom. The van der Waals surface area contributed by atoms with Crippen LogP contribution < -0.4 is 5.32 Å². The molecule has 3 aromatic rings. The van der Waals surface area contributed by atoms with Crippen LogP contribution in [0, 0.1) is 11.3 Å². The Balaban J connectivity index is 2.27. The summed E-state index contributed by atoms with van der Waals surface area (Å²) in [6, 6.07) is 21.7. The Morgan fingerprint density at radius 1 is 0.870 bits per heavy atom. The number of nitrogens with one attached hydrogen (secondary N) is 1. The van der Waals surface area contributed by atoms with Crippen LogP contribution in [0.5, 0.6) is 0 Å². The van der Waals surface area contributed by atoms with Gasteiger partial charge in [-0.3, -0.25) is 0 Å². The summed E-state index contributed by atoms with van der Waals surface area (Å²) in [6.45, 7) is 2.71. The fourth-order valence-corrected chi connectivity index (χ4v) is 2.41. The first kappa shape index (κ1) is 14.7. The summed E-state index contributed by atoms with van der Waals surface area (Å²) in [5, 5.41) is 12.8. The van der Waals surface area contributed by atoms with Gasteiger partial charge in [0.05, 0.1) is 11.4 Å². The van der Waals surface area contributed by atoms with Crippen LogP contribution in [0.25, 0.3) is 22.5 Å². The summed E-state index contributed by atoms with van der Waals surface area (Å²) in [4.78, 5) is 9.09. The largest absolute Gasteiger partial charge is 0.354 e. The number of nitrogens with zero attached hydrogens (tertiary/aromatic N) is 3. The Kier molecular flexibility index (Phi) is 4.30. The molecule has 4 nitrogen and oxygen atoms in total. The first-order valence-corrected chi connectivity index (χ1v) is 7.50. The van der Waals surface area contributed by atoms with Crippen molar-refractivity contribution < 1.29 is 0 Å². The van der Waals surface area contributed by atoms with Crippen LogP contribution in [0.15, 0.2) is 60.7 Å². The van der Waals surface area contributed by atoms with Crippen molar-refractivity contribution in [1.82, 2.24) is 9.97 Å². The van der Waals surface area contributed by atoms with E-state index in [1.807, 2.05) is 67.6 Å². The summed E-state index contributed by atoms with van der Waals surface area (Å²) in [5.41, 5.74) is 3.60. The number of nitriles is 1. The second kappa shape index (κ2) is 6.71. The van der Waals surface area contributed by atoms with Gasteiger partial charge in [-0.2, -0.15) is 5.26 Å². The molecule has 0 saturated carbocycles. The van der Waals surface area contributed by atoms with E-state index >= 15 is 0 Å². The molecule has 0 amide bonds. The summed E-state index contributed by atoms with van der Waals surface area (Å²) >= 11 is 0. The van der Waals surface area contributed by atoms with Crippen molar-refractivity contribution in [3.05, 3.63) is 66.2 Å². The van der Waals surface area contributed by atoms with Crippen molar-refractivity contribution >= 4 is 5.95 Å². The molecule has 0 spiro atoms. The third-order valence-corrected chi connectivity index (χ3v) is 3.45. The van der Waals surface area contributed by atoms with Crippen molar-refractivity contribution in [2.45, 2.75) is 6.92 Å². The number of aromatic nitrogens is 2. The molecule has 4 heteroatoms. The molecule has 0 atom stereocenters. The summed E-state index contributed by atoms with van der Waals surface area (Å²) in [6.07, 6.45) is 0. The molecule has 0 aliphatic heterocycles. The normalized spacial score (nSPS) is 10.1. The van der Waals surface area contributed by atoms with Crippen LogP contribution in [0.2, 0.25) is 0 Å². The maximum absolute atomic E-state index is 9.69. The lowest BCUT2D eigenvalue weighted by molar-refractivity contribution is 1.08. The first-order valence-electron chi connectivity index (χ1n) is 7.50. The molecule has 0 aliphatic carbocycles. The van der Waals surface area contributed by atoms with Crippen LogP contribution in [-0.2, 0) is 0 Å². The average Bonchev–Trinajstić information content (AvgIpc) is 2.63. The lowest BCUT2D eigenvalue weighted by atomic mass is 10.0. The molecule has 0 aliphatic rings. The van der Waals surface area contributed by atoms with Gasteiger partial charge in [-0.15, -0.1) is 0 Å². The van der Waals surface area contributed by atoms with E-state index in [1.165, 1.54) is 0 Å². The van der Waals surface area contributed by atoms with Crippen LogP contribution in [0.1, 0.15) is 12.5 Å². The highest BCUT2D eigenvalue weighted by atomic mass is 15.1. The van der Waals surface area contributed by atoms with Gasteiger partial charge < -0.3 is 5.32 Å². The zero-order valence-electron chi connectivity index (χ0n) is 12.8. The summed E-state index contributed by atoms with van der Waals surface area (Å²) in [7, 11) is 0. The van der Waals surface area contributed by atoms with Gasteiger partial charge in [0.15, 0.2) is 0 Å². The van der Waals surface area contributed by atoms with Crippen LogP contribution >= 0.6 is 0 Å². The fraction of sp³-hybridized carbons (Fsp3) is 0.105. The average molecular weight is 300 g/mol. The zero-order chi connectivity index (χ0) is 16.1. The molecule has 3 rings (SSSR count). The predicted octanol–water partition coefficient (Wildman–Crippen LogP) is 4.11. The first-order chi connectivity index (χ1) is 11.3. The SMILES string of the molecule is CCNc1nc(-c2ccccc2)c(C#N)c(-c2ccccc2)n1. The third-order valence-electron chi connectivity index (χ3n) is 3.45. The summed E-state index contributed by atoms with van der Waals surface area (Å²) < 4.78 is 0. The monoisotopic (exact) mass is 300 g/mol. The Labute approximate surface area is 135 Å². The smallest absolute Gasteiger partial charge is 0.223 e. The van der Waals surface area contributed by atoms with E-state index in [1.54, 1.807) is 0 Å². The molecule has 112 valence electrons. The van der Waals surface area contributed by atoms with Crippen LogP contribution in [0.4, 0.5) is 5.95 Å². The van der Waals surface area contributed by atoms with E-state index in [0.717, 1.165) is 11.1 Å². The minimum atomic E-state index is 0.490. The molecule has 23 heavy (non-hydrogen) atoms. The van der Waals surface area contributed by atoms with Gasteiger partial charge in [0, 0.05) is 17.7 Å². The van der Waals surface area contributed by atoms with E-state index < -0.39 is 0 Å². The van der Waals surface area contributed by atoms with Crippen molar-refractivity contribution in [2.24, 2.45) is 0 Å². The highest BCUT2D eigenvalue weighted by Crippen LogP contribution is 2.30. The maximum Gasteiger partial charge on any atom is 0.223 e. The number of benzene rings is 2. The lowest BCUT2D eigenvalue weighted by Crippen LogP contribution is -2.06. The van der Waals surface area contributed by atoms with Crippen molar-refractivity contribution in [1.29, 1.82) is 5.26 Å². The van der Waals surface area contributed by atoms with Crippen molar-refractivity contribution in [2.75, 3.05) is 11.9 Å². The topological polar surface area (TPSA) is 61.6 Å². The van der Waals surface area contributed by atoms with Gasteiger partial charge in [-0.05, 0) is 6.92 Å². The maximum atomic E-state index is 9.69. The predicted molar refractivity (Wildman–Crippen MR) is 91.8 cm³/mol. The number of hydrogen-bond acceptors (Lipinski definition) is 4. The number of rotatable bonds is 4. The van der Waals surface area contributed by atoms with Crippen LogP contribution in [0.3, 0.4) is 0 Å². The van der Waals surface area contributed by atoms with E-state index in [9.17, 15) is 5.26 Å².